The van der Waals surface area contributed by atoms with E-state index in [1.807, 2.05) is 0 Å². The summed E-state index contributed by atoms with van der Waals surface area (Å²) in [5.41, 5.74) is 0.161. The van der Waals surface area contributed by atoms with Crippen molar-refractivity contribution < 1.29 is 12.8 Å². The third-order valence-corrected chi connectivity index (χ3v) is 4.78. The molecule has 1 aliphatic rings. The SMILES string of the molecule is O=S(=O)(CC1CCCN1)Nc1cc(Cl)c(F)c(Cl)c1. The standard InChI is InChI=1S/C11H13Cl2FN2O2S/c12-9-4-8(5-10(13)11(9)14)16-19(17,18)6-7-2-1-3-15-7/h4-5,7,15-16H,1-3,6H2. The molecular formula is C11H13Cl2FN2O2S. The number of sulfonamides is 1. The molecule has 1 aliphatic heterocycles. The van der Waals surface area contributed by atoms with Gasteiger partial charge in [0.2, 0.25) is 10.0 Å². The minimum absolute atomic E-state index is 0.0282. The van der Waals surface area contributed by atoms with Crippen LogP contribution in [0.3, 0.4) is 0 Å². The molecule has 19 heavy (non-hydrogen) atoms. The molecule has 2 rings (SSSR count). The van der Waals surface area contributed by atoms with Crippen LogP contribution < -0.4 is 10.0 Å². The lowest BCUT2D eigenvalue weighted by Gasteiger charge is -2.13. The van der Waals surface area contributed by atoms with Gasteiger partial charge in [-0.1, -0.05) is 23.2 Å². The van der Waals surface area contributed by atoms with E-state index in [-0.39, 0.29) is 27.5 Å². The molecule has 1 heterocycles. The van der Waals surface area contributed by atoms with Crippen LogP contribution in [0.25, 0.3) is 0 Å². The van der Waals surface area contributed by atoms with Gasteiger partial charge in [0.15, 0.2) is 5.82 Å². The van der Waals surface area contributed by atoms with Crippen molar-refractivity contribution in [3.05, 3.63) is 28.0 Å². The molecule has 0 radical (unpaired) electrons. The molecule has 1 unspecified atom stereocenters. The molecule has 106 valence electrons. The van der Waals surface area contributed by atoms with Crippen LogP contribution in [0.5, 0.6) is 0 Å². The second kappa shape index (κ2) is 5.83. The Balaban J connectivity index is 2.11. The lowest BCUT2D eigenvalue weighted by atomic mass is 10.3. The van der Waals surface area contributed by atoms with E-state index in [9.17, 15) is 12.8 Å². The monoisotopic (exact) mass is 326 g/mol. The Morgan fingerprint density at radius 1 is 1.37 bits per heavy atom. The molecule has 2 N–H and O–H groups in total. The molecule has 0 bridgehead atoms. The number of halogens is 3. The fraction of sp³-hybridized carbons (Fsp3) is 0.455. The Hall–Kier alpha value is -0.560. The van der Waals surface area contributed by atoms with Crippen molar-refractivity contribution in [2.45, 2.75) is 18.9 Å². The highest BCUT2D eigenvalue weighted by Gasteiger charge is 2.22. The summed E-state index contributed by atoms with van der Waals surface area (Å²) in [4.78, 5) is 0. The van der Waals surface area contributed by atoms with Crippen LogP contribution in [0.4, 0.5) is 10.1 Å². The molecule has 0 aromatic heterocycles. The van der Waals surface area contributed by atoms with Crippen molar-refractivity contribution in [2.24, 2.45) is 0 Å². The second-order valence-corrected chi connectivity index (χ2v) is 7.01. The number of hydrogen-bond acceptors (Lipinski definition) is 3. The van der Waals surface area contributed by atoms with E-state index in [0.29, 0.717) is 0 Å². The fourth-order valence-corrected chi connectivity index (χ4v) is 3.86. The maximum absolute atomic E-state index is 13.2. The number of anilines is 1. The van der Waals surface area contributed by atoms with E-state index < -0.39 is 15.8 Å². The van der Waals surface area contributed by atoms with Gasteiger partial charge in [0.05, 0.1) is 21.5 Å². The average molecular weight is 327 g/mol. The lowest BCUT2D eigenvalue weighted by Crippen LogP contribution is -2.32. The first-order valence-corrected chi connectivity index (χ1v) is 8.16. The highest BCUT2D eigenvalue weighted by Crippen LogP contribution is 2.28. The third kappa shape index (κ3) is 3.95. The third-order valence-electron chi connectivity index (χ3n) is 2.84. The zero-order chi connectivity index (χ0) is 14.0. The van der Waals surface area contributed by atoms with Gasteiger partial charge < -0.3 is 5.32 Å². The molecule has 1 aromatic rings. The maximum Gasteiger partial charge on any atom is 0.234 e. The van der Waals surface area contributed by atoms with E-state index in [1.165, 1.54) is 12.1 Å². The van der Waals surface area contributed by atoms with E-state index in [1.54, 1.807) is 0 Å². The molecule has 0 aliphatic carbocycles. The first kappa shape index (κ1) is 14.8. The van der Waals surface area contributed by atoms with Gasteiger partial charge in [-0.2, -0.15) is 0 Å². The lowest BCUT2D eigenvalue weighted by molar-refractivity contribution is 0.581. The van der Waals surface area contributed by atoms with Crippen LogP contribution in [0.1, 0.15) is 12.8 Å². The molecule has 1 atom stereocenters. The van der Waals surface area contributed by atoms with Gasteiger partial charge in [-0.3, -0.25) is 4.72 Å². The largest absolute Gasteiger partial charge is 0.313 e. The summed E-state index contributed by atoms with van der Waals surface area (Å²) >= 11 is 11.2. The second-order valence-electron chi connectivity index (χ2n) is 4.43. The minimum Gasteiger partial charge on any atom is -0.313 e. The van der Waals surface area contributed by atoms with Gasteiger partial charge in [-0.05, 0) is 31.5 Å². The quantitative estimate of drug-likeness (QED) is 0.836. The number of nitrogens with one attached hydrogen (secondary N) is 2. The summed E-state index contributed by atoms with van der Waals surface area (Å²) in [6.07, 6.45) is 1.79. The van der Waals surface area contributed by atoms with Crippen molar-refractivity contribution in [2.75, 3.05) is 17.0 Å². The summed E-state index contributed by atoms with van der Waals surface area (Å²) in [5.74, 6) is -0.789. The smallest absolute Gasteiger partial charge is 0.234 e. The van der Waals surface area contributed by atoms with Gasteiger partial charge in [-0.15, -0.1) is 0 Å². The van der Waals surface area contributed by atoms with Crippen molar-refractivity contribution in [3.8, 4) is 0 Å². The highest BCUT2D eigenvalue weighted by atomic mass is 35.5. The number of hydrogen-bond donors (Lipinski definition) is 2. The molecule has 0 spiro atoms. The average Bonchev–Trinajstić information content (AvgIpc) is 2.77. The van der Waals surface area contributed by atoms with E-state index in [2.05, 4.69) is 10.0 Å². The number of rotatable bonds is 4. The Bertz CT molecular complexity index is 551. The van der Waals surface area contributed by atoms with Gasteiger partial charge in [-0.25, -0.2) is 12.8 Å². The Morgan fingerprint density at radius 3 is 2.53 bits per heavy atom. The summed E-state index contributed by atoms with van der Waals surface area (Å²) in [6, 6.07) is 2.34. The Morgan fingerprint density at radius 2 is 2.00 bits per heavy atom. The topological polar surface area (TPSA) is 58.2 Å². The van der Waals surface area contributed by atoms with Gasteiger partial charge in [0, 0.05) is 6.04 Å². The molecule has 1 aromatic carbocycles. The molecule has 8 heteroatoms. The number of benzene rings is 1. The first-order valence-electron chi connectivity index (χ1n) is 5.76. The predicted octanol–water partition coefficient (Wildman–Crippen LogP) is 2.63. The molecule has 0 saturated carbocycles. The summed E-state index contributed by atoms with van der Waals surface area (Å²) in [5, 5.41) is 2.66. The summed E-state index contributed by atoms with van der Waals surface area (Å²) < 4.78 is 39.4. The molecule has 4 nitrogen and oxygen atoms in total. The van der Waals surface area contributed by atoms with Crippen LogP contribution >= 0.6 is 23.2 Å². The van der Waals surface area contributed by atoms with Crippen LogP contribution in [0.2, 0.25) is 10.0 Å². The minimum atomic E-state index is -3.52. The van der Waals surface area contributed by atoms with Crippen molar-refractivity contribution in [1.82, 2.24) is 5.32 Å². The Kier molecular flexibility index (Phi) is 4.55. The molecule has 1 saturated heterocycles. The predicted molar refractivity (Wildman–Crippen MR) is 74.9 cm³/mol. The van der Waals surface area contributed by atoms with E-state index in [0.717, 1.165) is 19.4 Å². The van der Waals surface area contributed by atoms with Crippen molar-refractivity contribution in [3.63, 3.8) is 0 Å². The zero-order valence-corrected chi connectivity index (χ0v) is 12.2. The van der Waals surface area contributed by atoms with Crippen LogP contribution in [-0.2, 0) is 10.0 Å². The summed E-state index contributed by atoms with van der Waals surface area (Å²) in [7, 11) is -3.52. The summed E-state index contributed by atoms with van der Waals surface area (Å²) in [6.45, 7) is 0.828. The molecule has 0 amide bonds. The fourth-order valence-electron chi connectivity index (χ4n) is 2.00. The van der Waals surface area contributed by atoms with Gasteiger partial charge >= 0.3 is 0 Å². The normalized spacial score (nSPS) is 19.6. The van der Waals surface area contributed by atoms with Gasteiger partial charge in [0.1, 0.15) is 0 Å². The zero-order valence-electron chi connectivity index (χ0n) is 9.92. The maximum atomic E-state index is 13.2. The van der Waals surface area contributed by atoms with E-state index in [4.69, 9.17) is 23.2 Å². The van der Waals surface area contributed by atoms with Crippen LogP contribution in [0, 0.1) is 5.82 Å². The van der Waals surface area contributed by atoms with Crippen molar-refractivity contribution >= 4 is 38.9 Å². The highest BCUT2D eigenvalue weighted by molar-refractivity contribution is 7.92. The van der Waals surface area contributed by atoms with Gasteiger partial charge in [0.25, 0.3) is 0 Å². The van der Waals surface area contributed by atoms with Crippen LogP contribution in [-0.4, -0.2) is 26.8 Å². The van der Waals surface area contributed by atoms with E-state index >= 15 is 0 Å². The van der Waals surface area contributed by atoms with Crippen LogP contribution in [0.15, 0.2) is 12.1 Å². The Labute approximate surface area is 121 Å². The first-order chi connectivity index (χ1) is 8.87. The van der Waals surface area contributed by atoms with Crippen molar-refractivity contribution in [1.29, 1.82) is 0 Å². The molecule has 1 fully saturated rings. The molecular weight excluding hydrogens is 314 g/mol.